The summed E-state index contributed by atoms with van der Waals surface area (Å²) in [5, 5.41) is 9.94. The topological polar surface area (TPSA) is 49.8 Å². The van der Waals surface area contributed by atoms with E-state index in [0.717, 1.165) is 25.8 Å². The number of rotatable bonds is 5. The van der Waals surface area contributed by atoms with E-state index in [2.05, 4.69) is 0 Å². The van der Waals surface area contributed by atoms with E-state index >= 15 is 0 Å². The summed E-state index contributed by atoms with van der Waals surface area (Å²) in [6, 6.07) is 0. The molecule has 1 atom stereocenters. The predicted molar refractivity (Wildman–Crippen MR) is 66.8 cm³/mol. The van der Waals surface area contributed by atoms with Crippen LogP contribution < -0.4 is 0 Å². The third-order valence-corrected chi connectivity index (χ3v) is 3.30. The maximum atomic E-state index is 11.9. The van der Waals surface area contributed by atoms with Crippen molar-refractivity contribution >= 4 is 5.91 Å². The van der Waals surface area contributed by atoms with Crippen LogP contribution in [-0.4, -0.2) is 47.8 Å². The first-order chi connectivity index (χ1) is 8.05. The highest BCUT2D eigenvalue weighted by Gasteiger charge is 2.26. The van der Waals surface area contributed by atoms with Crippen LogP contribution in [0.2, 0.25) is 0 Å². The van der Waals surface area contributed by atoms with Crippen molar-refractivity contribution in [3.05, 3.63) is 0 Å². The molecule has 17 heavy (non-hydrogen) atoms. The fourth-order valence-corrected chi connectivity index (χ4v) is 2.14. The minimum absolute atomic E-state index is 0.197. The number of ether oxygens (including phenoxy) is 1. The number of hydrogen-bond acceptors (Lipinski definition) is 3. The molecule has 1 fully saturated rings. The van der Waals surface area contributed by atoms with Crippen LogP contribution in [0.25, 0.3) is 0 Å². The van der Waals surface area contributed by atoms with Gasteiger partial charge in [0.05, 0.1) is 5.60 Å². The van der Waals surface area contributed by atoms with Crippen molar-refractivity contribution in [1.82, 2.24) is 4.90 Å². The van der Waals surface area contributed by atoms with E-state index in [1.165, 1.54) is 0 Å². The van der Waals surface area contributed by atoms with Gasteiger partial charge in [-0.2, -0.15) is 0 Å². The summed E-state index contributed by atoms with van der Waals surface area (Å²) in [5.41, 5.74) is -0.597. The average Bonchev–Trinajstić information content (AvgIpc) is 2.45. The van der Waals surface area contributed by atoms with Gasteiger partial charge < -0.3 is 14.7 Å². The number of hydrogen-bond donors (Lipinski definition) is 1. The SMILES string of the molecule is CCOCCCC(=O)N1CCCC(C)(O)CC1. The van der Waals surface area contributed by atoms with Gasteiger partial charge in [-0.25, -0.2) is 0 Å². The van der Waals surface area contributed by atoms with Crippen molar-refractivity contribution in [2.75, 3.05) is 26.3 Å². The summed E-state index contributed by atoms with van der Waals surface area (Å²) in [7, 11) is 0. The van der Waals surface area contributed by atoms with Crippen LogP contribution in [0.4, 0.5) is 0 Å². The van der Waals surface area contributed by atoms with E-state index in [9.17, 15) is 9.90 Å². The minimum Gasteiger partial charge on any atom is -0.390 e. The first kappa shape index (κ1) is 14.5. The molecule has 0 spiro atoms. The third-order valence-electron chi connectivity index (χ3n) is 3.30. The van der Waals surface area contributed by atoms with Crippen LogP contribution in [0.3, 0.4) is 0 Å². The van der Waals surface area contributed by atoms with Crippen LogP contribution in [0, 0.1) is 0 Å². The highest BCUT2D eigenvalue weighted by atomic mass is 16.5. The Hall–Kier alpha value is -0.610. The second kappa shape index (κ2) is 6.97. The van der Waals surface area contributed by atoms with E-state index in [0.29, 0.717) is 32.6 Å². The number of carbonyl (C=O) groups excluding carboxylic acids is 1. The maximum absolute atomic E-state index is 11.9. The second-order valence-corrected chi connectivity index (χ2v) is 5.03. The average molecular weight is 243 g/mol. The summed E-state index contributed by atoms with van der Waals surface area (Å²) in [6.07, 6.45) is 3.71. The van der Waals surface area contributed by atoms with Gasteiger partial charge in [0, 0.05) is 32.7 Å². The first-order valence-corrected chi connectivity index (χ1v) is 6.63. The molecule has 0 saturated carbocycles. The predicted octanol–water partition coefficient (Wildman–Crippen LogP) is 1.57. The zero-order valence-electron chi connectivity index (χ0n) is 11.1. The number of likely N-dealkylation sites (tertiary alicyclic amines) is 1. The van der Waals surface area contributed by atoms with Gasteiger partial charge in [-0.05, 0) is 39.5 Å². The lowest BCUT2D eigenvalue weighted by Crippen LogP contribution is -2.33. The zero-order chi connectivity index (χ0) is 12.7. The molecule has 1 rings (SSSR count). The van der Waals surface area contributed by atoms with E-state index in [1.807, 2.05) is 18.7 Å². The van der Waals surface area contributed by atoms with Crippen LogP contribution in [0.15, 0.2) is 0 Å². The Morgan fingerprint density at radius 3 is 2.88 bits per heavy atom. The molecule has 1 aliphatic heterocycles. The molecule has 0 bridgehead atoms. The Kier molecular flexibility index (Phi) is 5.92. The van der Waals surface area contributed by atoms with Gasteiger partial charge in [0.25, 0.3) is 0 Å². The molecule has 1 aliphatic rings. The highest BCUT2D eigenvalue weighted by Crippen LogP contribution is 2.21. The molecular weight excluding hydrogens is 218 g/mol. The Labute approximate surface area is 104 Å². The molecule has 1 saturated heterocycles. The molecule has 0 radical (unpaired) electrons. The monoisotopic (exact) mass is 243 g/mol. The summed E-state index contributed by atoms with van der Waals surface area (Å²) in [4.78, 5) is 13.8. The van der Waals surface area contributed by atoms with Crippen LogP contribution >= 0.6 is 0 Å². The van der Waals surface area contributed by atoms with Crippen LogP contribution in [0.5, 0.6) is 0 Å². The highest BCUT2D eigenvalue weighted by molar-refractivity contribution is 5.76. The molecule has 4 nitrogen and oxygen atoms in total. The molecule has 1 amide bonds. The molecule has 100 valence electrons. The van der Waals surface area contributed by atoms with Crippen molar-refractivity contribution in [1.29, 1.82) is 0 Å². The normalized spacial score (nSPS) is 25.7. The largest absolute Gasteiger partial charge is 0.390 e. The van der Waals surface area contributed by atoms with Gasteiger partial charge in [-0.1, -0.05) is 0 Å². The smallest absolute Gasteiger partial charge is 0.222 e. The van der Waals surface area contributed by atoms with E-state index in [4.69, 9.17) is 4.74 Å². The van der Waals surface area contributed by atoms with Crippen LogP contribution in [-0.2, 0) is 9.53 Å². The van der Waals surface area contributed by atoms with E-state index in [1.54, 1.807) is 0 Å². The lowest BCUT2D eigenvalue weighted by molar-refractivity contribution is -0.131. The van der Waals surface area contributed by atoms with Crippen molar-refractivity contribution < 1.29 is 14.6 Å². The molecule has 4 heteroatoms. The molecule has 0 aromatic rings. The molecule has 0 aromatic heterocycles. The number of aliphatic hydroxyl groups is 1. The number of amides is 1. The molecule has 1 unspecified atom stereocenters. The number of nitrogens with zero attached hydrogens (tertiary/aromatic N) is 1. The lowest BCUT2D eigenvalue weighted by Gasteiger charge is -2.22. The number of carbonyl (C=O) groups is 1. The summed E-state index contributed by atoms with van der Waals surface area (Å²) >= 11 is 0. The molecule has 0 aliphatic carbocycles. The van der Waals surface area contributed by atoms with Crippen molar-refractivity contribution in [3.8, 4) is 0 Å². The van der Waals surface area contributed by atoms with E-state index < -0.39 is 5.60 Å². The first-order valence-electron chi connectivity index (χ1n) is 6.63. The Bertz CT molecular complexity index is 241. The Balaban J connectivity index is 2.27. The van der Waals surface area contributed by atoms with Gasteiger partial charge in [-0.15, -0.1) is 0 Å². The third kappa shape index (κ3) is 5.50. The zero-order valence-corrected chi connectivity index (χ0v) is 11.1. The van der Waals surface area contributed by atoms with Crippen molar-refractivity contribution in [2.45, 2.75) is 51.6 Å². The van der Waals surface area contributed by atoms with Gasteiger partial charge in [0.1, 0.15) is 0 Å². The summed E-state index contributed by atoms with van der Waals surface area (Å²) < 4.78 is 5.22. The molecular formula is C13H25NO3. The van der Waals surface area contributed by atoms with Crippen molar-refractivity contribution in [2.24, 2.45) is 0 Å². The Morgan fingerprint density at radius 2 is 2.18 bits per heavy atom. The lowest BCUT2D eigenvalue weighted by atomic mass is 9.98. The van der Waals surface area contributed by atoms with Gasteiger partial charge >= 0.3 is 0 Å². The summed E-state index contributed by atoms with van der Waals surface area (Å²) in [5.74, 6) is 0.197. The van der Waals surface area contributed by atoms with E-state index in [-0.39, 0.29) is 5.91 Å². The fourth-order valence-electron chi connectivity index (χ4n) is 2.14. The Morgan fingerprint density at radius 1 is 1.41 bits per heavy atom. The second-order valence-electron chi connectivity index (χ2n) is 5.03. The molecule has 1 N–H and O–H groups in total. The summed E-state index contributed by atoms with van der Waals surface area (Å²) in [6.45, 7) is 6.65. The minimum atomic E-state index is -0.597. The maximum Gasteiger partial charge on any atom is 0.222 e. The van der Waals surface area contributed by atoms with Gasteiger partial charge in [0.2, 0.25) is 5.91 Å². The quantitative estimate of drug-likeness (QED) is 0.746. The van der Waals surface area contributed by atoms with Crippen molar-refractivity contribution in [3.63, 3.8) is 0 Å². The fraction of sp³-hybridized carbons (Fsp3) is 0.923. The van der Waals surface area contributed by atoms with Crippen LogP contribution in [0.1, 0.15) is 46.0 Å². The van der Waals surface area contributed by atoms with Gasteiger partial charge in [-0.3, -0.25) is 4.79 Å². The van der Waals surface area contributed by atoms with Gasteiger partial charge in [0.15, 0.2) is 0 Å². The molecule has 0 aromatic carbocycles. The standard InChI is InChI=1S/C13H25NO3/c1-3-17-11-4-6-12(15)14-9-5-7-13(2,16)8-10-14/h16H,3-11H2,1-2H3. The molecule has 1 heterocycles.